The van der Waals surface area contributed by atoms with Crippen molar-refractivity contribution in [1.82, 2.24) is 0 Å². The lowest BCUT2D eigenvalue weighted by atomic mass is 10.0. The predicted molar refractivity (Wildman–Crippen MR) is 75.9 cm³/mol. The topological polar surface area (TPSA) is 17.1 Å². The van der Waals surface area contributed by atoms with Crippen molar-refractivity contribution in [3.63, 3.8) is 0 Å². The van der Waals surface area contributed by atoms with Gasteiger partial charge in [-0.15, -0.1) is 0 Å². The molecule has 0 atom stereocenters. The Morgan fingerprint density at radius 1 is 1.00 bits per heavy atom. The Hall–Kier alpha value is -1.09. The zero-order chi connectivity index (χ0) is 14.0. The quantitative estimate of drug-likeness (QED) is 0.710. The predicted octanol–water partition coefficient (Wildman–Crippen LogP) is 5.21. The zero-order valence-corrected chi connectivity index (χ0v) is 11.9. The number of halogens is 4. The van der Waals surface area contributed by atoms with E-state index in [-0.39, 0.29) is 17.2 Å². The van der Waals surface area contributed by atoms with Crippen molar-refractivity contribution in [2.75, 3.05) is 0 Å². The Kier molecular flexibility index (Phi) is 4.46. The molecule has 0 bridgehead atoms. The highest BCUT2D eigenvalue weighted by molar-refractivity contribution is 6.35. The molecule has 0 spiro atoms. The molecule has 5 heteroatoms. The lowest BCUT2D eigenvalue weighted by molar-refractivity contribution is 0.0993. The van der Waals surface area contributed by atoms with Crippen LogP contribution in [0.4, 0.5) is 4.39 Å². The Labute approximate surface area is 124 Å². The van der Waals surface area contributed by atoms with Gasteiger partial charge in [0.05, 0.1) is 0 Å². The monoisotopic (exact) mass is 316 g/mol. The van der Waals surface area contributed by atoms with Crippen LogP contribution in [0.3, 0.4) is 0 Å². The minimum atomic E-state index is -0.438. The van der Waals surface area contributed by atoms with Crippen LogP contribution in [0.25, 0.3) is 0 Å². The summed E-state index contributed by atoms with van der Waals surface area (Å²) in [5.41, 5.74) is 0.960. The van der Waals surface area contributed by atoms with Crippen molar-refractivity contribution in [2.24, 2.45) is 0 Å². The van der Waals surface area contributed by atoms with Gasteiger partial charge in [-0.05, 0) is 35.9 Å². The maximum absolute atomic E-state index is 12.9. The summed E-state index contributed by atoms with van der Waals surface area (Å²) in [6.45, 7) is 0. The van der Waals surface area contributed by atoms with E-state index in [1.807, 2.05) is 0 Å². The summed E-state index contributed by atoms with van der Waals surface area (Å²) in [6, 6.07) is 8.54. The first kappa shape index (κ1) is 14.3. The highest BCUT2D eigenvalue weighted by Crippen LogP contribution is 2.22. The minimum absolute atomic E-state index is 0.0653. The third-order valence-electron chi connectivity index (χ3n) is 2.55. The third-order valence-corrected chi connectivity index (χ3v) is 3.34. The van der Waals surface area contributed by atoms with Crippen molar-refractivity contribution in [3.8, 4) is 0 Å². The molecule has 0 heterocycles. The number of benzene rings is 2. The van der Waals surface area contributed by atoms with Gasteiger partial charge in [-0.2, -0.15) is 0 Å². The third kappa shape index (κ3) is 3.69. The van der Waals surface area contributed by atoms with Crippen LogP contribution in [0.1, 0.15) is 15.9 Å². The molecule has 19 heavy (non-hydrogen) atoms. The van der Waals surface area contributed by atoms with Gasteiger partial charge >= 0.3 is 0 Å². The van der Waals surface area contributed by atoms with Gasteiger partial charge in [0.2, 0.25) is 0 Å². The number of rotatable bonds is 3. The lowest BCUT2D eigenvalue weighted by Crippen LogP contribution is -2.04. The average molecular weight is 318 g/mol. The number of carbonyl (C=O) groups is 1. The molecule has 0 unspecified atom stereocenters. The molecule has 0 aliphatic heterocycles. The van der Waals surface area contributed by atoms with E-state index in [4.69, 9.17) is 34.8 Å². The molecule has 0 radical (unpaired) electrons. The maximum Gasteiger partial charge on any atom is 0.167 e. The second-order valence-electron chi connectivity index (χ2n) is 3.99. The molecular formula is C14H8Cl3FO. The van der Waals surface area contributed by atoms with Crippen LogP contribution in [0, 0.1) is 5.82 Å². The van der Waals surface area contributed by atoms with E-state index in [1.165, 1.54) is 30.3 Å². The fourth-order valence-electron chi connectivity index (χ4n) is 1.65. The van der Waals surface area contributed by atoms with Crippen molar-refractivity contribution < 1.29 is 9.18 Å². The van der Waals surface area contributed by atoms with Crippen LogP contribution in [-0.4, -0.2) is 5.78 Å². The summed E-state index contributed by atoms with van der Waals surface area (Å²) in [4.78, 5) is 12.1. The Morgan fingerprint density at radius 3 is 2.21 bits per heavy atom. The molecule has 0 saturated heterocycles. The molecule has 1 nitrogen and oxygen atoms in total. The van der Waals surface area contributed by atoms with Crippen LogP contribution in [-0.2, 0) is 6.42 Å². The van der Waals surface area contributed by atoms with Crippen LogP contribution in [0.5, 0.6) is 0 Å². The van der Waals surface area contributed by atoms with Gasteiger partial charge in [0, 0.05) is 27.1 Å². The zero-order valence-electron chi connectivity index (χ0n) is 9.59. The van der Waals surface area contributed by atoms with Gasteiger partial charge in [0.1, 0.15) is 5.82 Å². The van der Waals surface area contributed by atoms with Crippen molar-refractivity contribution >= 4 is 40.6 Å². The van der Waals surface area contributed by atoms with Gasteiger partial charge in [-0.3, -0.25) is 4.79 Å². The second kappa shape index (κ2) is 5.91. The molecule has 2 rings (SSSR count). The molecule has 0 aliphatic rings. The fourth-order valence-corrected chi connectivity index (χ4v) is 2.41. The summed E-state index contributed by atoms with van der Waals surface area (Å²) >= 11 is 17.6. The van der Waals surface area contributed by atoms with E-state index in [0.717, 1.165) is 0 Å². The van der Waals surface area contributed by atoms with Gasteiger partial charge in [-0.1, -0.05) is 40.9 Å². The van der Waals surface area contributed by atoms with E-state index in [0.29, 0.717) is 21.2 Å². The van der Waals surface area contributed by atoms with Gasteiger partial charge in [-0.25, -0.2) is 4.39 Å². The molecule has 0 aliphatic carbocycles. The van der Waals surface area contributed by atoms with Crippen LogP contribution in [0.15, 0.2) is 36.4 Å². The van der Waals surface area contributed by atoms with Crippen LogP contribution in [0.2, 0.25) is 15.1 Å². The summed E-state index contributed by atoms with van der Waals surface area (Å²) in [7, 11) is 0. The van der Waals surface area contributed by atoms with E-state index in [2.05, 4.69) is 0 Å². The number of ketones is 1. The number of carbonyl (C=O) groups excluding carboxylic acids is 1. The van der Waals surface area contributed by atoms with E-state index in [1.54, 1.807) is 6.07 Å². The molecule has 2 aromatic carbocycles. The van der Waals surface area contributed by atoms with Crippen molar-refractivity contribution in [1.29, 1.82) is 0 Å². The first-order chi connectivity index (χ1) is 8.95. The minimum Gasteiger partial charge on any atom is -0.294 e. The highest BCUT2D eigenvalue weighted by atomic mass is 35.5. The van der Waals surface area contributed by atoms with Crippen LogP contribution < -0.4 is 0 Å². The summed E-state index contributed by atoms with van der Waals surface area (Å²) in [5.74, 6) is -0.620. The molecule has 0 amide bonds. The molecule has 0 fully saturated rings. The lowest BCUT2D eigenvalue weighted by Gasteiger charge is -2.05. The van der Waals surface area contributed by atoms with Crippen molar-refractivity contribution in [2.45, 2.75) is 6.42 Å². The number of Topliss-reactive ketones (excluding diaryl/α,β-unsaturated/α-hetero) is 1. The number of hydrogen-bond donors (Lipinski definition) is 0. The van der Waals surface area contributed by atoms with Gasteiger partial charge in [0.15, 0.2) is 5.78 Å². The molecule has 0 aromatic heterocycles. The first-order valence-electron chi connectivity index (χ1n) is 5.39. The van der Waals surface area contributed by atoms with Crippen molar-refractivity contribution in [3.05, 3.63) is 68.4 Å². The molecule has 2 aromatic rings. The second-order valence-corrected chi connectivity index (χ2v) is 5.27. The van der Waals surface area contributed by atoms with E-state index >= 15 is 0 Å². The normalized spacial score (nSPS) is 10.5. The Morgan fingerprint density at radius 2 is 1.63 bits per heavy atom. The molecule has 0 N–H and O–H groups in total. The molecular weight excluding hydrogens is 310 g/mol. The summed E-state index contributed by atoms with van der Waals surface area (Å²) < 4.78 is 12.9. The highest BCUT2D eigenvalue weighted by Gasteiger charge is 2.11. The molecule has 0 saturated carbocycles. The first-order valence-corrected chi connectivity index (χ1v) is 6.52. The van der Waals surface area contributed by atoms with E-state index in [9.17, 15) is 9.18 Å². The van der Waals surface area contributed by atoms with Gasteiger partial charge in [0.25, 0.3) is 0 Å². The Balaban J connectivity index is 2.25. The molecule has 98 valence electrons. The standard InChI is InChI=1S/C14H8Cl3FO/c15-10-3-9(4-11(16)6-10)14(19)5-8-1-2-12(18)7-13(8)17/h1-4,6-7H,5H2. The van der Waals surface area contributed by atoms with E-state index < -0.39 is 5.82 Å². The smallest absolute Gasteiger partial charge is 0.167 e. The largest absolute Gasteiger partial charge is 0.294 e. The Bertz CT molecular complexity index is 620. The van der Waals surface area contributed by atoms with Gasteiger partial charge < -0.3 is 0 Å². The fraction of sp³-hybridized carbons (Fsp3) is 0.0714. The number of hydrogen-bond acceptors (Lipinski definition) is 1. The summed E-state index contributed by atoms with van der Waals surface area (Å²) in [6.07, 6.45) is 0.0653. The average Bonchev–Trinajstić information content (AvgIpc) is 2.31. The SMILES string of the molecule is O=C(Cc1ccc(F)cc1Cl)c1cc(Cl)cc(Cl)c1. The summed E-state index contributed by atoms with van der Waals surface area (Å²) in [5, 5.41) is 1.00. The maximum atomic E-state index is 12.9. The van der Waals surface area contributed by atoms with Crippen LogP contribution >= 0.6 is 34.8 Å².